The van der Waals surface area contributed by atoms with E-state index in [9.17, 15) is 14.4 Å². The second-order valence-electron chi connectivity index (χ2n) is 7.09. The van der Waals surface area contributed by atoms with Gasteiger partial charge in [-0.1, -0.05) is 18.2 Å². The van der Waals surface area contributed by atoms with Gasteiger partial charge in [-0.2, -0.15) is 0 Å². The maximum absolute atomic E-state index is 12.5. The molecule has 0 saturated carbocycles. The van der Waals surface area contributed by atoms with Gasteiger partial charge in [0, 0.05) is 11.3 Å². The van der Waals surface area contributed by atoms with Crippen molar-refractivity contribution in [2.45, 2.75) is 33.8 Å². The van der Waals surface area contributed by atoms with Crippen LogP contribution in [-0.4, -0.2) is 44.7 Å². The number of hydrogen-bond acceptors (Lipinski definition) is 6. The molecular weight excluding hydrogens is 400 g/mol. The maximum Gasteiger partial charge on any atom is 0.339 e. The summed E-state index contributed by atoms with van der Waals surface area (Å²) in [4.78, 5) is 37.0. The second-order valence-corrected chi connectivity index (χ2v) is 7.09. The van der Waals surface area contributed by atoms with E-state index in [1.807, 2.05) is 32.0 Å². The molecule has 2 aromatic carbocycles. The zero-order valence-corrected chi connectivity index (χ0v) is 18.6. The molecule has 0 aromatic heterocycles. The number of esters is 1. The number of carbonyl (C=O) groups is 3. The van der Waals surface area contributed by atoms with Crippen LogP contribution in [0.15, 0.2) is 30.3 Å². The van der Waals surface area contributed by atoms with Crippen LogP contribution in [0.25, 0.3) is 0 Å². The van der Waals surface area contributed by atoms with Crippen LogP contribution in [0.5, 0.6) is 11.5 Å². The molecule has 8 nitrogen and oxygen atoms in total. The summed E-state index contributed by atoms with van der Waals surface area (Å²) in [5, 5.41) is 5.26. The van der Waals surface area contributed by atoms with Crippen LogP contribution >= 0.6 is 0 Å². The van der Waals surface area contributed by atoms with Crippen molar-refractivity contribution in [2.24, 2.45) is 0 Å². The normalized spacial score (nSPS) is 11.3. The molecule has 1 atom stereocenters. The Labute approximate surface area is 181 Å². The first kappa shape index (κ1) is 23.7. The summed E-state index contributed by atoms with van der Waals surface area (Å²) >= 11 is 0. The Morgan fingerprint density at radius 3 is 2.03 bits per heavy atom. The Hall–Kier alpha value is -3.55. The Kier molecular flexibility index (Phi) is 8.01. The highest BCUT2D eigenvalue weighted by molar-refractivity contribution is 5.97. The molecule has 0 radical (unpaired) electrons. The molecular formula is C23H28N2O6. The van der Waals surface area contributed by atoms with Gasteiger partial charge in [-0.05, 0) is 51.0 Å². The number of anilines is 1. The van der Waals surface area contributed by atoms with Gasteiger partial charge >= 0.3 is 5.97 Å². The molecule has 0 bridgehead atoms. The van der Waals surface area contributed by atoms with Gasteiger partial charge < -0.3 is 24.8 Å². The smallest absolute Gasteiger partial charge is 0.339 e. The van der Waals surface area contributed by atoms with Gasteiger partial charge in [-0.3, -0.25) is 9.59 Å². The third kappa shape index (κ3) is 5.97. The van der Waals surface area contributed by atoms with Crippen molar-refractivity contribution in [3.05, 3.63) is 52.6 Å². The quantitative estimate of drug-likeness (QED) is 0.627. The number of aryl methyl sites for hydroxylation is 2. The lowest BCUT2D eigenvalue weighted by Gasteiger charge is -2.16. The van der Waals surface area contributed by atoms with Crippen LogP contribution in [0.3, 0.4) is 0 Å². The molecule has 0 aliphatic carbocycles. The first-order chi connectivity index (χ1) is 14.7. The van der Waals surface area contributed by atoms with Crippen molar-refractivity contribution in [1.29, 1.82) is 0 Å². The van der Waals surface area contributed by atoms with Crippen LogP contribution in [-0.2, 0) is 14.3 Å². The molecule has 2 N–H and O–H groups in total. The number of para-hydroxylation sites is 1. The van der Waals surface area contributed by atoms with E-state index < -0.39 is 18.0 Å². The molecule has 0 aliphatic rings. The number of methoxy groups -OCH3 is 2. The molecule has 0 fully saturated rings. The summed E-state index contributed by atoms with van der Waals surface area (Å²) in [5.41, 5.74) is 3.48. The van der Waals surface area contributed by atoms with Crippen LogP contribution in [0, 0.1) is 20.8 Å². The molecule has 8 heteroatoms. The molecule has 31 heavy (non-hydrogen) atoms. The summed E-state index contributed by atoms with van der Waals surface area (Å²) in [6.45, 7) is 6.75. The summed E-state index contributed by atoms with van der Waals surface area (Å²) in [7, 11) is 2.97. The van der Waals surface area contributed by atoms with Crippen molar-refractivity contribution in [1.82, 2.24) is 5.32 Å². The highest BCUT2D eigenvalue weighted by Crippen LogP contribution is 2.29. The maximum atomic E-state index is 12.5. The lowest BCUT2D eigenvalue weighted by atomic mass is 10.1. The van der Waals surface area contributed by atoms with Gasteiger partial charge in [0.15, 0.2) is 6.10 Å². The van der Waals surface area contributed by atoms with E-state index in [1.165, 1.54) is 33.3 Å². The minimum atomic E-state index is -1.10. The van der Waals surface area contributed by atoms with Crippen molar-refractivity contribution in [2.75, 3.05) is 26.1 Å². The average molecular weight is 428 g/mol. The molecule has 1 unspecified atom stereocenters. The Balaban J connectivity index is 1.95. The Bertz CT molecular complexity index is 941. The highest BCUT2D eigenvalue weighted by Gasteiger charge is 2.21. The van der Waals surface area contributed by atoms with E-state index in [0.717, 1.165) is 16.7 Å². The summed E-state index contributed by atoms with van der Waals surface area (Å²) in [5.74, 6) is -0.745. The fraction of sp³-hybridized carbons (Fsp3) is 0.348. The van der Waals surface area contributed by atoms with Crippen LogP contribution in [0.4, 0.5) is 5.69 Å². The predicted molar refractivity (Wildman–Crippen MR) is 117 cm³/mol. The average Bonchev–Trinajstić information content (AvgIpc) is 2.74. The first-order valence-electron chi connectivity index (χ1n) is 9.75. The van der Waals surface area contributed by atoms with Crippen molar-refractivity contribution in [3.63, 3.8) is 0 Å². The van der Waals surface area contributed by atoms with E-state index in [4.69, 9.17) is 14.2 Å². The van der Waals surface area contributed by atoms with Gasteiger partial charge in [0.25, 0.3) is 5.91 Å². The van der Waals surface area contributed by atoms with E-state index in [1.54, 1.807) is 6.92 Å². The largest absolute Gasteiger partial charge is 0.496 e. The zero-order chi connectivity index (χ0) is 23.1. The predicted octanol–water partition coefficient (Wildman–Crippen LogP) is 2.93. The zero-order valence-electron chi connectivity index (χ0n) is 18.6. The number of carbonyl (C=O) groups excluding carboxylic acids is 3. The number of rotatable bonds is 8. The second kappa shape index (κ2) is 10.5. The van der Waals surface area contributed by atoms with Crippen LogP contribution in [0.2, 0.25) is 0 Å². The molecule has 0 heterocycles. The molecule has 2 amide bonds. The number of amides is 2. The van der Waals surface area contributed by atoms with E-state index >= 15 is 0 Å². The molecule has 0 aliphatic heterocycles. The lowest BCUT2D eigenvalue weighted by Crippen LogP contribution is -2.40. The van der Waals surface area contributed by atoms with E-state index in [0.29, 0.717) is 17.2 Å². The van der Waals surface area contributed by atoms with Gasteiger partial charge in [0.05, 0.1) is 26.3 Å². The van der Waals surface area contributed by atoms with Crippen molar-refractivity contribution < 1.29 is 28.6 Å². The first-order valence-corrected chi connectivity index (χ1v) is 9.75. The van der Waals surface area contributed by atoms with Gasteiger partial charge in [0.1, 0.15) is 11.5 Å². The number of hydrogen-bond donors (Lipinski definition) is 2. The highest BCUT2D eigenvalue weighted by atomic mass is 16.5. The monoisotopic (exact) mass is 428 g/mol. The third-order valence-corrected chi connectivity index (χ3v) is 4.81. The topological polar surface area (TPSA) is 103 Å². The van der Waals surface area contributed by atoms with Gasteiger partial charge in [0.2, 0.25) is 5.91 Å². The van der Waals surface area contributed by atoms with E-state index in [-0.39, 0.29) is 18.0 Å². The Morgan fingerprint density at radius 1 is 0.968 bits per heavy atom. The standard InChI is InChI=1S/C23H28N2O6/c1-13-8-7-9-14(2)21(13)25-20(26)12-24-22(27)16(4)31-23(28)17-10-18(29-5)15(3)19(11-17)30-6/h7-11,16H,12H2,1-6H3,(H,24,27)(H,25,26). The van der Waals surface area contributed by atoms with E-state index in [2.05, 4.69) is 10.6 Å². The third-order valence-electron chi connectivity index (χ3n) is 4.81. The minimum Gasteiger partial charge on any atom is -0.496 e. The van der Waals surface area contributed by atoms with Gasteiger partial charge in [-0.25, -0.2) is 4.79 Å². The van der Waals surface area contributed by atoms with Gasteiger partial charge in [-0.15, -0.1) is 0 Å². The molecule has 2 rings (SSSR count). The van der Waals surface area contributed by atoms with Crippen molar-refractivity contribution in [3.8, 4) is 11.5 Å². The SMILES string of the molecule is COc1cc(C(=O)OC(C)C(=O)NCC(=O)Nc2c(C)cccc2C)cc(OC)c1C. The minimum absolute atomic E-state index is 0.187. The summed E-state index contributed by atoms with van der Waals surface area (Å²) in [6.07, 6.45) is -1.10. The number of nitrogens with one attached hydrogen (secondary N) is 2. The number of ether oxygens (including phenoxy) is 3. The van der Waals surface area contributed by atoms with Crippen LogP contribution in [0.1, 0.15) is 34.0 Å². The molecule has 0 saturated heterocycles. The molecule has 0 spiro atoms. The lowest BCUT2D eigenvalue weighted by molar-refractivity contribution is -0.130. The molecule has 166 valence electrons. The van der Waals surface area contributed by atoms with Crippen LogP contribution < -0.4 is 20.1 Å². The number of benzene rings is 2. The Morgan fingerprint density at radius 2 is 1.52 bits per heavy atom. The van der Waals surface area contributed by atoms with Crippen molar-refractivity contribution >= 4 is 23.5 Å². The fourth-order valence-electron chi connectivity index (χ4n) is 2.99. The fourth-order valence-corrected chi connectivity index (χ4v) is 2.99. The summed E-state index contributed by atoms with van der Waals surface area (Å²) in [6, 6.07) is 8.71. The molecule has 2 aromatic rings. The summed E-state index contributed by atoms with van der Waals surface area (Å²) < 4.78 is 15.7.